The van der Waals surface area contributed by atoms with E-state index in [1.807, 2.05) is 35.8 Å². The molecule has 0 unspecified atom stereocenters. The molecule has 4 rings (SSSR count). The molecule has 0 atom stereocenters. The Labute approximate surface area is 161 Å². The van der Waals surface area contributed by atoms with Crippen LogP contribution in [0.3, 0.4) is 0 Å². The van der Waals surface area contributed by atoms with Crippen molar-refractivity contribution in [1.82, 2.24) is 4.57 Å². The minimum absolute atomic E-state index is 0.0135. The number of rotatable bonds is 4. The normalized spacial score (nSPS) is 13.3. The van der Waals surface area contributed by atoms with Gasteiger partial charge in [-0.25, -0.2) is 9.79 Å². The SMILES string of the molecule is CCOC(=O)c1cc2n(c1C)-c1ccccc1C2=Nc1ccc([N+](=O)[O-])cc1. The molecule has 0 fully saturated rings. The molecule has 1 aliphatic rings. The second-order valence-corrected chi connectivity index (χ2v) is 6.34. The van der Waals surface area contributed by atoms with E-state index in [1.165, 1.54) is 12.1 Å². The first-order valence-electron chi connectivity index (χ1n) is 8.84. The molecule has 0 aliphatic carbocycles. The van der Waals surface area contributed by atoms with Crippen LogP contribution < -0.4 is 0 Å². The average molecular weight is 375 g/mol. The number of fused-ring (bicyclic) bond motifs is 3. The van der Waals surface area contributed by atoms with Crippen molar-refractivity contribution in [3.8, 4) is 5.69 Å². The summed E-state index contributed by atoms with van der Waals surface area (Å²) in [4.78, 5) is 27.5. The minimum atomic E-state index is -0.443. The number of nitro groups is 1. The van der Waals surface area contributed by atoms with Gasteiger partial charge < -0.3 is 9.30 Å². The van der Waals surface area contributed by atoms with Crippen molar-refractivity contribution in [3.63, 3.8) is 0 Å². The number of non-ortho nitro benzene ring substituents is 1. The third-order valence-electron chi connectivity index (χ3n) is 4.69. The monoisotopic (exact) mass is 375 g/mol. The Morgan fingerprint density at radius 3 is 2.57 bits per heavy atom. The number of hydrogen-bond acceptors (Lipinski definition) is 5. The summed E-state index contributed by atoms with van der Waals surface area (Å²) < 4.78 is 7.16. The first-order valence-corrected chi connectivity index (χ1v) is 8.84. The van der Waals surface area contributed by atoms with Crippen LogP contribution in [0.4, 0.5) is 11.4 Å². The lowest BCUT2D eigenvalue weighted by Gasteiger charge is -2.06. The van der Waals surface area contributed by atoms with E-state index in [9.17, 15) is 14.9 Å². The van der Waals surface area contributed by atoms with Crippen LogP contribution in [0.2, 0.25) is 0 Å². The van der Waals surface area contributed by atoms with E-state index < -0.39 is 4.92 Å². The van der Waals surface area contributed by atoms with Gasteiger partial charge in [0.25, 0.3) is 5.69 Å². The van der Waals surface area contributed by atoms with Gasteiger partial charge in [0.1, 0.15) is 0 Å². The molecule has 0 N–H and O–H groups in total. The van der Waals surface area contributed by atoms with Crippen LogP contribution >= 0.6 is 0 Å². The lowest BCUT2D eigenvalue weighted by atomic mass is 10.1. The number of benzene rings is 2. The first-order chi connectivity index (χ1) is 13.5. The molecule has 140 valence electrons. The summed E-state index contributed by atoms with van der Waals surface area (Å²) in [7, 11) is 0. The highest BCUT2D eigenvalue weighted by molar-refractivity contribution is 6.19. The third-order valence-corrected chi connectivity index (χ3v) is 4.69. The van der Waals surface area contributed by atoms with E-state index in [1.54, 1.807) is 25.1 Å². The van der Waals surface area contributed by atoms with Crippen molar-refractivity contribution >= 4 is 23.1 Å². The predicted octanol–water partition coefficient (Wildman–Crippen LogP) is 4.35. The van der Waals surface area contributed by atoms with Crippen LogP contribution in [0.5, 0.6) is 0 Å². The molecule has 2 aromatic carbocycles. The quantitative estimate of drug-likeness (QED) is 0.301. The highest BCUT2D eigenvalue weighted by Gasteiger charge is 2.30. The smallest absolute Gasteiger partial charge is 0.339 e. The number of esters is 1. The Morgan fingerprint density at radius 2 is 1.89 bits per heavy atom. The average Bonchev–Trinajstić information content (AvgIpc) is 3.18. The van der Waals surface area contributed by atoms with Gasteiger partial charge in [-0.1, -0.05) is 18.2 Å². The van der Waals surface area contributed by atoms with Gasteiger partial charge in [-0.2, -0.15) is 0 Å². The van der Waals surface area contributed by atoms with E-state index in [-0.39, 0.29) is 11.7 Å². The number of ether oxygens (including phenoxy) is 1. The van der Waals surface area contributed by atoms with Gasteiger partial charge in [-0.3, -0.25) is 10.1 Å². The van der Waals surface area contributed by atoms with Gasteiger partial charge in [0, 0.05) is 23.4 Å². The largest absolute Gasteiger partial charge is 0.462 e. The highest BCUT2D eigenvalue weighted by Crippen LogP contribution is 2.34. The zero-order chi connectivity index (χ0) is 19.8. The zero-order valence-electron chi connectivity index (χ0n) is 15.4. The molecule has 0 spiro atoms. The molecule has 0 saturated heterocycles. The third kappa shape index (κ3) is 2.77. The van der Waals surface area contributed by atoms with Crippen LogP contribution in [-0.2, 0) is 4.74 Å². The Balaban J connectivity index is 1.86. The van der Waals surface area contributed by atoms with Gasteiger partial charge in [0.05, 0.1) is 39.9 Å². The number of aromatic nitrogens is 1. The lowest BCUT2D eigenvalue weighted by Crippen LogP contribution is -2.06. The highest BCUT2D eigenvalue weighted by atomic mass is 16.6. The molecule has 2 heterocycles. The van der Waals surface area contributed by atoms with Crippen molar-refractivity contribution in [2.45, 2.75) is 13.8 Å². The number of nitrogens with zero attached hydrogens (tertiary/aromatic N) is 3. The van der Waals surface area contributed by atoms with Crippen LogP contribution in [0.15, 0.2) is 59.6 Å². The molecule has 3 aromatic rings. The summed E-state index contributed by atoms with van der Waals surface area (Å²) >= 11 is 0. The maximum atomic E-state index is 12.3. The van der Waals surface area contributed by atoms with Gasteiger partial charge in [-0.15, -0.1) is 0 Å². The first kappa shape index (κ1) is 17.7. The number of para-hydroxylation sites is 1. The standard InChI is InChI=1S/C21H17N3O4/c1-3-28-21(25)17-12-19-20(22-14-8-10-15(11-9-14)24(26)27)16-6-4-5-7-18(16)23(19)13(17)2/h4-12H,3H2,1-2H3. The Bertz CT molecular complexity index is 1130. The molecule has 1 aromatic heterocycles. The summed E-state index contributed by atoms with van der Waals surface area (Å²) in [5.41, 5.74) is 5.28. The zero-order valence-corrected chi connectivity index (χ0v) is 15.4. The number of carbonyl (C=O) groups excluding carboxylic acids is 1. The summed E-state index contributed by atoms with van der Waals surface area (Å²) in [6, 6.07) is 15.7. The van der Waals surface area contributed by atoms with Gasteiger partial charge in [-0.05, 0) is 38.1 Å². The summed E-state index contributed by atoms with van der Waals surface area (Å²) in [6.45, 7) is 3.95. The molecule has 0 bridgehead atoms. The summed E-state index contributed by atoms with van der Waals surface area (Å²) in [5, 5.41) is 10.9. The molecule has 28 heavy (non-hydrogen) atoms. The Kier molecular flexibility index (Phi) is 4.27. The maximum Gasteiger partial charge on any atom is 0.339 e. The second kappa shape index (κ2) is 6.77. The minimum Gasteiger partial charge on any atom is -0.462 e. The molecule has 0 amide bonds. The van der Waals surface area contributed by atoms with E-state index >= 15 is 0 Å². The fourth-order valence-electron chi connectivity index (χ4n) is 3.41. The van der Waals surface area contributed by atoms with E-state index in [4.69, 9.17) is 9.73 Å². The Morgan fingerprint density at radius 1 is 1.18 bits per heavy atom. The number of hydrogen-bond donors (Lipinski definition) is 0. The van der Waals surface area contributed by atoms with Gasteiger partial charge in [0.15, 0.2) is 0 Å². The van der Waals surface area contributed by atoms with Gasteiger partial charge >= 0.3 is 5.97 Å². The van der Waals surface area contributed by atoms with Crippen LogP contribution in [0, 0.1) is 17.0 Å². The Hall–Kier alpha value is -3.74. The van der Waals surface area contributed by atoms with Crippen LogP contribution in [0.1, 0.15) is 34.2 Å². The van der Waals surface area contributed by atoms with E-state index in [2.05, 4.69) is 0 Å². The van der Waals surface area contributed by atoms with Crippen molar-refractivity contribution in [3.05, 3.63) is 87.2 Å². The molecule has 0 radical (unpaired) electrons. The van der Waals surface area contributed by atoms with Crippen molar-refractivity contribution in [2.24, 2.45) is 4.99 Å². The van der Waals surface area contributed by atoms with E-state index in [0.29, 0.717) is 23.6 Å². The topological polar surface area (TPSA) is 86.7 Å². The van der Waals surface area contributed by atoms with Crippen LogP contribution in [0.25, 0.3) is 5.69 Å². The number of nitro benzene ring substituents is 1. The summed E-state index contributed by atoms with van der Waals surface area (Å²) in [6.07, 6.45) is 0. The number of carbonyl (C=O) groups is 1. The predicted molar refractivity (Wildman–Crippen MR) is 105 cm³/mol. The van der Waals surface area contributed by atoms with Crippen molar-refractivity contribution in [2.75, 3.05) is 6.61 Å². The number of aliphatic imine (C=N–C) groups is 1. The van der Waals surface area contributed by atoms with E-state index in [0.717, 1.165) is 22.6 Å². The molecule has 0 saturated carbocycles. The second-order valence-electron chi connectivity index (χ2n) is 6.34. The molecule has 7 heteroatoms. The molecule has 7 nitrogen and oxygen atoms in total. The van der Waals surface area contributed by atoms with Crippen molar-refractivity contribution < 1.29 is 14.5 Å². The van der Waals surface area contributed by atoms with Crippen molar-refractivity contribution in [1.29, 1.82) is 0 Å². The lowest BCUT2D eigenvalue weighted by molar-refractivity contribution is -0.384. The molecular weight excluding hydrogens is 358 g/mol. The fraction of sp³-hybridized carbons (Fsp3) is 0.143. The van der Waals surface area contributed by atoms with Gasteiger partial charge in [0.2, 0.25) is 0 Å². The fourth-order valence-corrected chi connectivity index (χ4v) is 3.41. The maximum absolute atomic E-state index is 12.3. The summed E-state index contributed by atoms with van der Waals surface area (Å²) in [5.74, 6) is -0.367. The molecule has 1 aliphatic heterocycles. The molecular formula is C21H17N3O4. The van der Waals surface area contributed by atoms with Crippen LogP contribution in [-0.4, -0.2) is 27.8 Å².